The maximum Gasteiger partial charge on any atom is 0.269 e. The lowest BCUT2D eigenvalue weighted by molar-refractivity contribution is -0.384. The summed E-state index contributed by atoms with van der Waals surface area (Å²) in [5.74, 6) is -0.475. The molecule has 2 fully saturated rings. The Balaban J connectivity index is 1.43. The highest BCUT2D eigenvalue weighted by molar-refractivity contribution is 5.82. The van der Waals surface area contributed by atoms with Crippen LogP contribution >= 0.6 is 0 Å². The van der Waals surface area contributed by atoms with Gasteiger partial charge in [-0.25, -0.2) is 4.39 Å². The first-order chi connectivity index (χ1) is 16.8. The van der Waals surface area contributed by atoms with E-state index in [0.717, 1.165) is 29.9 Å². The van der Waals surface area contributed by atoms with Crippen LogP contribution in [0.1, 0.15) is 25.0 Å². The maximum atomic E-state index is 13.9. The molecule has 3 aliphatic heterocycles. The molecule has 2 saturated heterocycles. The molecule has 3 aliphatic rings. The number of nitrogens with zero attached hydrogens (tertiary/aromatic N) is 4. The molecule has 0 spiro atoms. The molecule has 8 nitrogen and oxygen atoms in total. The number of hydrogen-bond donors (Lipinski definition) is 0. The fraction of sp³-hybridized carbons (Fsp3) is 0.500. The number of benzene rings is 2. The lowest BCUT2D eigenvalue weighted by Crippen LogP contribution is -2.62. The summed E-state index contributed by atoms with van der Waals surface area (Å²) >= 11 is 0. The summed E-state index contributed by atoms with van der Waals surface area (Å²) in [4.78, 5) is 31.4. The predicted molar refractivity (Wildman–Crippen MR) is 130 cm³/mol. The summed E-state index contributed by atoms with van der Waals surface area (Å²) in [6.45, 7) is 7.94. The molecule has 186 valence electrons. The van der Waals surface area contributed by atoms with Gasteiger partial charge in [0, 0.05) is 57.1 Å². The number of anilines is 1. The number of fused-ring (bicyclic) bond motifs is 3. The van der Waals surface area contributed by atoms with Crippen LogP contribution in [0.3, 0.4) is 0 Å². The summed E-state index contributed by atoms with van der Waals surface area (Å²) in [5, 5.41) is 11.4. The van der Waals surface area contributed by atoms with Gasteiger partial charge in [-0.05, 0) is 49.6 Å². The number of morpholine rings is 1. The topological polar surface area (TPSA) is 79.2 Å². The van der Waals surface area contributed by atoms with Crippen molar-refractivity contribution >= 4 is 17.3 Å². The van der Waals surface area contributed by atoms with Crippen molar-refractivity contribution in [3.63, 3.8) is 0 Å². The van der Waals surface area contributed by atoms with Gasteiger partial charge in [0.15, 0.2) is 0 Å². The monoisotopic (exact) mass is 482 g/mol. The second-order valence-electron chi connectivity index (χ2n) is 10.0. The Morgan fingerprint density at radius 3 is 2.49 bits per heavy atom. The number of hydrogen-bond acceptors (Lipinski definition) is 6. The van der Waals surface area contributed by atoms with Crippen LogP contribution in [0.25, 0.3) is 0 Å². The molecule has 3 heterocycles. The summed E-state index contributed by atoms with van der Waals surface area (Å²) in [6.07, 6.45) is 0.413. The standard InChI is InChI=1S/C26H31FN4O4/c1-17-13-29(14-18(2)35-17)26(32)23-12-20-11-22(31(33)34)7-8-24(20)30-10-9-28(16-25(23)30)15-19-3-5-21(27)6-4-19/h3-8,11,17-18,23,25H,9-10,12-16H2,1-2H3/t17-,18-,23-,25+/m1/s1. The number of ether oxygens (including phenoxy) is 1. The first kappa shape index (κ1) is 23.7. The van der Waals surface area contributed by atoms with Crippen molar-refractivity contribution < 1.29 is 18.8 Å². The van der Waals surface area contributed by atoms with Gasteiger partial charge in [-0.3, -0.25) is 19.8 Å². The highest BCUT2D eigenvalue weighted by Gasteiger charge is 2.44. The Hall–Kier alpha value is -3.04. The summed E-state index contributed by atoms with van der Waals surface area (Å²) in [5.41, 5.74) is 2.92. The zero-order chi connectivity index (χ0) is 24.7. The number of non-ortho nitro benzene ring substituents is 1. The van der Waals surface area contributed by atoms with Crippen LogP contribution < -0.4 is 4.90 Å². The zero-order valence-electron chi connectivity index (χ0n) is 20.1. The molecule has 2 aromatic rings. The van der Waals surface area contributed by atoms with Gasteiger partial charge in [0.2, 0.25) is 5.91 Å². The first-order valence-electron chi connectivity index (χ1n) is 12.2. The molecule has 0 aromatic heterocycles. The molecule has 5 rings (SSSR count). The fourth-order valence-corrected chi connectivity index (χ4v) is 5.85. The van der Waals surface area contributed by atoms with E-state index in [1.807, 2.05) is 24.8 Å². The third kappa shape index (κ3) is 4.88. The number of nitro benzene ring substituents is 1. The second-order valence-corrected chi connectivity index (χ2v) is 10.0. The molecule has 1 amide bonds. The van der Waals surface area contributed by atoms with Crippen LogP contribution in [0.4, 0.5) is 15.8 Å². The highest BCUT2D eigenvalue weighted by atomic mass is 19.1. The molecule has 0 radical (unpaired) electrons. The minimum atomic E-state index is -0.380. The number of carbonyl (C=O) groups is 1. The molecule has 2 aromatic carbocycles. The molecule has 4 atom stereocenters. The molecule has 0 N–H and O–H groups in total. The minimum absolute atomic E-state index is 0.0305. The maximum absolute atomic E-state index is 13.9. The fourth-order valence-electron chi connectivity index (χ4n) is 5.85. The largest absolute Gasteiger partial charge is 0.372 e. The third-order valence-electron chi connectivity index (χ3n) is 7.36. The van der Waals surface area contributed by atoms with Gasteiger partial charge in [0.25, 0.3) is 5.69 Å². The quantitative estimate of drug-likeness (QED) is 0.492. The van der Waals surface area contributed by atoms with Gasteiger partial charge < -0.3 is 14.5 Å². The molecule has 0 aliphatic carbocycles. The van der Waals surface area contributed by atoms with Crippen molar-refractivity contribution in [2.75, 3.05) is 37.6 Å². The first-order valence-corrected chi connectivity index (χ1v) is 12.2. The lowest BCUT2D eigenvalue weighted by Gasteiger charge is -2.50. The number of piperazine rings is 1. The number of carbonyl (C=O) groups excluding carboxylic acids is 1. The van der Waals surface area contributed by atoms with Gasteiger partial charge in [0.1, 0.15) is 5.82 Å². The Kier molecular flexibility index (Phi) is 6.46. The van der Waals surface area contributed by atoms with Crippen molar-refractivity contribution in [2.24, 2.45) is 5.92 Å². The molecular formula is C26H31FN4O4. The van der Waals surface area contributed by atoms with Crippen molar-refractivity contribution in [3.8, 4) is 0 Å². The molecular weight excluding hydrogens is 451 g/mol. The summed E-state index contributed by atoms with van der Waals surface area (Å²) in [7, 11) is 0. The van der Waals surface area contributed by atoms with Crippen LogP contribution in [-0.4, -0.2) is 71.6 Å². The number of nitro groups is 1. The molecule has 0 saturated carbocycles. The van der Waals surface area contributed by atoms with E-state index in [-0.39, 0.29) is 46.5 Å². The Morgan fingerprint density at radius 2 is 1.80 bits per heavy atom. The summed E-state index contributed by atoms with van der Waals surface area (Å²) < 4.78 is 19.2. The van der Waals surface area contributed by atoms with E-state index >= 15 is 0 Å². The molecule has 0 unspecified atom stereocenters. The normalized spacial score (nSPS) is 26.7. The van der Waals surface area contributed by atoms with Crippen molar-refractivity contribution in [1.82, 2.24) is 9.80 Å². The molecule has 35 heavy (non-hydrogen) atoms. The average Bonchev–Trinajstić information content (AvgIpc) is 2.83. The number of halogens is 1. The highest BCUT2D eigenvalue weighted by Crippen LogP contribution is 2.39. The van der Waals surface area contributed by atoms with Crippen LogP contribution in [0.15, 0.2) is 42.5 Å². The Bertz CT molecular complexity index is 1100. The van der Waals surface area contributed by atoms with Gasteiger partial charge in [0.05, 0.1) is 29.1 Å². The van der Waals surface area contributed by atoms with E-state index in [2.05, 4.69) is 9.80 Å². The van der Waals surface area contributed by atoms with Gasteiger partial charge in [-0.15, -0.1) is 0 Å². The van der Waals surface area contributed by atoms with E-state index in [9.17, 15) is 19.3 Å². The SMILES string of the molecule is C[C@@H]1CN(C(=O)[C@@H]2Cc3cc([N+](=O)[O-])ccc3N3CCN(Cc4ccc(F)cc4)C[C@@H]23)C[C@@H](C)O1. The van der Waals surface area contributed by atoms with Crippen molar-refractivity contribution in [1.29, 1.82) is 0 Å². The van der Waals surface area contributed by atoms with Gasteiger partial charge in [-0.2, -0.15) is 0 Å². The van der Waals surface area contributed by atoms with E-state index in [1.54, 1.807) is 24.3 Å². The third-order valence-corrected chi connectivity index (χ3v) is 7.36. The van der Waals surface area contributed by atoms with Crippen LogP contribution in [0, 0.1) is 21.8 Å². The average molecular weight is 483 g/mol. The zero-order valence-corrected chi connectivity index (χ0v) is 20.1. The number of amides is 1. The van der Waals surface area contributed by atoms with Crippen LogP contribution in [0.5, 0.6) is 0 Å². The van der Waals surface area contributed by atoms with Gasteiger partial charge in [-0.1, -0.05) is 12.1 Å². The number of rotatable bonds is 4. The molecule has 0 bridgehead atoms. The second kappa shape index (κ2) is 9.54. The smallest absolute Gasteiger partial charge is 0.269 e. The van der Waals surface area contributed by atoms with Crippen LogP contribution in [-0.2, 0) is 22.5 Å². The van der Waals surface area contributed by atoms with Crippen molar-refractivity contribution in [2.45, 2.75) is 45.1 Å². The Labute approximate surface area is 204 Å². The lowest BCUT2D eigenvalue weighted by atomic mass is 9.82. The van der Waals surface area contributed by atoms with E-state index in [0.29, 0.717) is 32.6 Å². The van der Waals surface area contributed by atoms with Crippen LogP contribution in [0.2, 0.25) is 0 Å². The van der Waals surface area contributed by atoms with E-state index < -0.39 is 0 Å². The van der Waals surface area contributed by atoms with E-state index in [1.165, 1.54) is 12.1 Å². The predicted octanol–water partition coefficient (Wildman–Crippen LogP) is 3.23. The van der Waals surface area contributed by atoms with Gasteiger partial charge >= 0.3 is 0 Å². The molecule has 9 heteroatoms. The van der Waals surface area contributed by atoms with E-state index in [4.69, 9.17) is 4.74 Å². The van der Waals surface area contributed by atoms with Crippen molar-refractivity contribution in [3.05, 3.63) is 69.5 Å². The Morgan fingerprint density at radius 1 is 1.09 bits per heavy atom. The minimum Gasteiger partial charge on any atom is -0.372 e. The summed E-state index contributed by atoms with van der Waals surface area (Å²) in [6, 6.07) is 11.5.